The molecule has 1 aromatic carbocycles. The summed E-state index contributed by atoms with van der Waals surface area (Å²) in [6.07, 6.45) is 5.74. The van der Waals surface area contributed by atoms with Gasteiger partial charge in [-0.1, -0.05) is 18.9 Å². The van der Waals surface area contributed by atoms with E-state index in [9.17, 15) is 4.79 Å². The quantitative estimate of drug-likeness (QED) is 0.872. The van der Waals surface area contributed by atoms with Crippen molar-refractivity contribution < 1.29 is 14.3 Å². The fraction of sp³-hybridized carbons (Fsp3) is 0.450. The minimum atomic E-state index is -0.0408. The Morgan fingerprint density at radius 1 is 1.08 bits per heavy atom. The Kier molecular flexibility index (Phi) is 4.92. The number of nitrogens with one attached hydrogen (secondary N) is 1. The molecule has 4 rings (SSSR count). The molecular weight excluding hydrogens is 334 g/mol. The van der Waals surface area contributed by atoms with E-state index in [-0.39, 0.29) is 11.9 Å². The number of rotatable bonds is 4. The van der Waals surface area contributed by atoms with Crippen LogP contribution in [0.1, 0.15) is 53.4 Å². The van der Waals surface area contributed by atoms with Gasteiger partial charge < -0.3 is 14.8 Å². The largest absolute Gasteiger partial charge is 0.490 e. The lowest BCUT2D eigenvalue weighted by Gasteiger charge is -2.24. The number of hydrogen-bond acceptors (Lipinski definition) is 4. The van der Waals surface area contributed by atoms with Crippen LogP contribution in [-0.2, 0) is 0 Å². The number of fused-ring (bicyclic) bond motifs is 1. The van der Waals surface area contributed by atoms with Crippen molar-refractivity contribution in [2.75, 3.05) is 13.2 Å². The number of ether oxygens (including phenoxy) is 2. The smallest absolute Gasteiger partial charge is 0.251 e. The first-order chi connectivity index (χ1) is 12.3. The maximum absolute atomic E-state index is 12.9. The molecule has 1 aliphatic carbocycles. The lowest BCUT2D eigenvalue weighted by atomic mass is 9.96. The second-order valence-corrected chi connectivity index (χ2v) is 7.70. The van der Waals surface area contributed by atoms with E-state index in [4.69, 9.17) is 9.47 Å². The fourth-order valence-electron chi connectivity index (χ4n) is 3.71. The second-order valence-electron chi connectivity index (χ2n) is 6.72. The Morgan fingerprint density at radius 3 is 2.64 bits per heavy atom. The van der Waals surface area contributed by atoms with Gasteiger partial charge in [-0.3, -0.25) is 4.79 Å². The number of thiophene rings is 1. The van der Waals surface area contributed by atoms with Crippen molar-refractivity contribution in [1.82, 2.24) is 5.32 Å². The minimum absolute atomic E-state index is 0.0408. The number of carbonyl (C=O) groups is 1. The predicted octanol–water partition coefficient (Wildman–Crippen LogP) is 4.57. The molecule has 2 aromatic rings. The van der Waals surface area contributed by atoms with Crippen molar-refractivity contribution in [3.63, 3.8) is 0 Å². The average molecular weight is 357 g/mol. The number of amides is 1. The molecule has 1 fully saturated rings. The molecule has 2 heterocycles. The molecular formula is C20H23NO3S. The van der Waals surface area contributed by atoms with E-state index in [0.717, 1.165) is 12.2 Å². The molecule has 1 saturated carbocycles. The number of hydrogen-bond donors (Lipinski definition) is 1. The van der Waals surface area contributed by atoms with Crippen LogP contribution in [0.2, 0.25) is 0 Å². The summed E-state index contributed by atoms with van der Waals surface area (Å²) in [5, 5.41) is 5.36. The first-order valence-corrected chi connectivity index (χ1v) is 9.93. The fourth-order valence-corrected chi connectivity index (χ4v) is 4.58. The standard InChI is InChI=1S/C20H23NO3S/c22-20(15-8-9-16-17(13-15)24-11-4-10-23-16)21-19(14-5-1-2-6-14)18-7-3-12-25-18/h3,7-9,12-14,19H,1-2,4-6,10-11H2,(H,21,22). The van der Waals surface area contributed by atoms with Gasteiger partial charge in [-0.2, -0.15) is 0 Å². The summed E-state index contributed by atoms with van der Waals surface area (Å²) >= 11 is 1.72. The highest BCUT2D eigenvalue weighted by molar-refractivity contribution is 7.10. The topological polar surface area (TPSA) is 47.6 Å². The molecule has 1 amide bonds. The van der Waals surface area contributed by atoms with Gasteiger partial charge in [0.05, 0.1) is 19.3 Å². The SMILES string of the molecule is O=C(NC(c1cccs1)C1CCCC1)c1ccc2c(c1)OCCCO2. The molecule has 132 valence electrons. The Labute approximate surface area is 152 Å². The van der Waals surface area contributed by atoms with Crippen molar-refractivity contribution in [3.8, 4) is 11.5 Å². The first kappa shape index (κ1) is 16.5. The predicted molar refractivity (Wildman–Crippen MR) is 98.5 cm³/mol. The monoisotopic (exact) mass is 357 g/mol. The Balaban J connectivity index is 1.54. The highest BCUT2D eigenvalue weighted by Crippen LogP contribution is 2.38. The normalized spacial score (nSPS) is 18.6. The van der Waals surface area contributed by atoms with Crippen LogP contribution in [0, 0.1) is 5.92 Å². The molecule has 0 radical (unpaired) electrons. The van der Waals surface area contributed by atoms with Crippen LogP contribution in [0.15, 0.2) is 35.7 Å². The van der Waals surface area contributed by atoms with Crippen molar-refractivity contribution in [2.24, 2.45) is 5.92 Å². The highest BCUT2D eigenvalue weighted by Gasteiger charge is 2.29. The van der Waals surface area contributed by atoms with Crippen LogP contribution < -0.4 is 14.8 Å². The maximum Gasteiger partial charge on any atom is 0.251 e. The Morgan fingerprint density at radius 2 is 1.88 bits per heavy atom. The zero-order valence-electron chi connectivity index (χ0n) is 14.2. The third-order valence-corrected chi connectivity index (χ3v) is 5.97. The summed E-state index contributed by atoms with van der Waals surface area (Å²) in [5.74, 6) is 1.88. The van der Waals surface area contributed by atoms with Gasteiger partial charge in [0, 0.05) is 16.9 Å². The van der Waals surface area contributed by atoms with Crippen LogP contribution >= 0.6 is 11.3 Å². The van der Waals surface area contributed by atoms with Crippen LogP contribution in [0.25, 0.3) is 0 Å². The zero-order valence-corrected chi connectivity index (χ0v) is 15.0. The maximum atomic E-state index is 12.9. The summed E-state index contributed by atoms with van der Waals surface area (Å²) in [6, 6.07) is 9.75. The third-order valence-electron chi connectivity index (χ3n) is 5.02. The highest BCUT2D eigenvalue weighted by atomic mass is 32.1. The van der Waals surface area contributed by atoms with E-state index in [2.05, 4.69) is 22.8 Å². The van der Waals surface area contributed by atoms with Crippen LogP contribution in [-0.4, -0.2) is 19.1 Å². The Hall–Kier alpha value is -2.01. The molecule has 0 spiro atoms. The molecule has 0 saturated heterocycles. The van der Waals surface area contributed by atoms with Gasteiger partial charge in [-0.25, -0.2) is 0 Å². The summed E-state index contributed by atoms with van der Waals surface area (Å²) in [7, 11) is 0. The molecule has 1 N–H and O–H groups in total. The van der Waals surface area contributed by atoms with Crippen molar-refractivity contribution >= 4 is 17.2 Å². The lowest BCUT2D eigenvalue weighted by Crippen LogP contribution is -2.32. The number of benzene rings is 1. The minimum Gasteiger partial charge on any atom is -0.490 e. The molecule has 25 heavy (non-hydrogen) atoms. The van der Waals surface area contributed by atoms with Gasteiger partial charge in [0.2, 0.25) is 0 Å². The third kappa shape index (κ3) is 3.66. The van der Waals surface area contributed by atoms with Gasteiger partial charge in [0.1, 0.15) is 0 Å². The van der Waals surface area contributed by atoms with Crippen molar-refractivity contribution in [2.45, 2.75) is 38.1 Å². The first-order valence-electron chi connectivity index (χ1n) is 9.05. The Bertz CT molecular complexity index is 723. The molecule has 1 unspecified atom stereocenters. The van der Waals surface area contributed by atoms with E-state index in [1.54, 1.807) is 17.4 Å². The molecule has 4 nitrogen and oxygen atoms in total. The van der Waals surface area contributed by atoms with Gasteiger partial charge in [0.25, 0.3) is 5.91 Å². The van der Waals surface area contributed by atoms with E-state index in [1.165, 1.54) is 30.6 Å². The molecule has 0 bridgehead atoms. The van der Waals surface area contributed by atoms with Crippen LogP contribution in [0.5, 0.6) is 11.5 Å². The molecule has 1 aromatic heterocycles. The van der Waals surface area contributed by atoms with Crippen molar-refractivity contribution in [1.29, 1.82) is 0 Å². The average Bonchev–Trinajstić information content (AvgIpc) is 3.30. The van der Waals surface area contributed by atoms with E-state index in [1.807, 2.05) is 12.1 Å². The van der Waals surface area contributed by atoms with Gasteiger partial charge >= 0.3 is 0 Å². The van der Waals surface area contributed by atoms with Crippen LogP contribution in [0.3, 0.4) is 0 Å². The zero-order chi connectivity index (χ0) is 17.1. The number of carbonyl (C=O) groups excluding carboxylic acids is 1. The summed E-state index contributed by atoms with van der Waals surface area (Å²) in [4.78, 5) is 14.1. The van der Waals surface area contributed by atoms with Crippen molar-refractivity contribution in [3.05, 3.63) is 46.2 Å². The van der Waals surface area contributed by atoms with E-state index >= 15 is 0 Å². The summed E-state index contributed by atoms with van der Waals surface area (Å²) in [6.45, 7) is 1.28. The molecule has 5 heteroatoms. The molecule has 1 aliphatic heterocycles. The second kappa shape index (κ2) is 7.48. The lowest BCUT2D eigenvalue weighted by molar-refractivity contribution is 0.0922. The van der Waals surface area contributed by atoms with Gasteiger partial charge in [-0.15, -0.1) is 11.3 Å². The van der Waals surface area contributed by atoms with Gasteiger partial charge in [0.15, 0.2) is 11.5 Å². The molecule has 1 atom stereocenters. The van der Waals surface area contributed by atoms with Gasteiger partial charge in [-0.05, 0) is 48.4 Å². The van der Waals surface area contributed by atoms with E-state index in [0.29, 0.717) is 30.4 Å². The summed E-state index contributed by atoms with van der Waals surface area (Å²) in [5.41, 5.74) is 0.629. The summed E-state index contributed by atoms with van der Waals surface area (Å²) < 4.78 is 11.4. The van der Waals surface area contributed by atoms with Crippen LogP contribution in [0.4, 0.5) is 0 Å². The molecule has 2 aliphatic rings. The van der Waals surface area contributed by atoms with E-state index < -0.39 is 0 Å².